The summed E-state index contributed by atoms with van der Waals surface area (Å²) in [6.45, 7) is 6.16. The van der Waals surface area contributed by atoms with Crippen molar-refractivity contribution in [1.29, 1.82) is 0 Å². The van der Waals surface area contributed by atoms with E-state index in [0.29, 0.717) is 43.5 Å². The largest absolute Gasteiger partial charge is 0.490 e. The number of fused-ring (bicyclic) bond motifs is 1. The molecule has 0 saturated heterocycles. The molecule has 7 nitrogen and oxygen atoms in total. The average Bonchev–Trinajstić information content (AvgIpc) is 3.53. The molecule has 1 fully saturated rings. The van der Waals surface area contributed by atoms with Crippen LogP contribution in [0.4, 0.5) is 5.82 Å². The van der Waals surface area contributed by atoms with Crippen LogP contribution in [-0.2, 0) is 13.0 Å². The van der Waals surface area contributed by atoms with Crippen LogP contribution >= 0.6 is 0 Å². The Balaban J connectivity index is 1.56. The van der Waals surface area contributed by atoms with E-state index in [4.69, 9.17) is 15.2 Å². The van der Waals surface area contributed by atoms with Gasteiger partial charge >= 0.3 is 0 Å². The average molecular weight is 382 g/mol. The smallest absolute Gasteiger partial charge is 0.259 e. The van der Waals surface area contributed by atoms with Gasteiger partial charge in [0.05, 0.1) is 13.2 Å². The molecule has 0 bridgehead atoms. The lowest BCUT2D eigenvalue weighted by molar-refractivity contribution is 0.0734. The van der Waals surface area contributed by atoms with Crippen molar-refractivity contribution in [2.24, 2.45) is 0 Å². The molecule has 0 unspecified atom stereocenters. The van der Waals surface area contributed by atoms with Gasteiger partial charge in [-0.3, -0.25) is 4.79 Å². The molecule has 1 amide bonds. The fraction of sp³-hybridized carbons (Fsp3) is 0.476. The van der Waals surface area contributed by atoms with Gasteiger partial charge < -0.3 is 20.1 Å². The fourth-order valence-electron chi connectivity index (χ4n) is 3.56. The molecule has 1 aromatic heterocycles. The van der Waals surface area contributed by atoms with Crippen molar-refractivity contribution >= 4 is 11.7 Å². The van der Waals surface area contributed by atoms with Crippen molar-refractivity contribution in [3.05, 3.63) is 40.8 Å². The van der Waals surface area contributed by atoms with Gasteiger partial charge in [0.15, 0.2) is 11.5 Å². The second-order valence-corrected chi connectivity index (χ2v) is 7.21. The van der Waals surface area contributed by atoms with Gasteiger partial charge in [0, 0.05) is 25.2 Å². The van der Waals surface area contributed by atoms with E-state index in [0.717, 1.165) is 36.4 Å². The summed E-state index contributed by atoms with van der Waals surface area (Å²) in [6.07, 6.45) is 4.54. The minimum atomic E-state index is -0.127. The first-order valence-corrected chi connectivity index (χ1v) is 9.93. The highest BCUT2D eigenvalue weighted by Gasteiger charge is 2.29. The van der Waals surface area contributed by atoms with Crippen molar-refractivity contribution in [2.75, 3.05) is 25.5 Å². The summed E-state index contributed by atoms with van der Waals surface area (Å²) in [4.78, 5) is 23.5. The first-order chi connectivity index (χ1) is 13.6. The molecule has 2 N–H and O–H groups in total. The van der Waals surface area contributed by atoms with Gasteiger partial charge in [0.1, 0.15) is 17.2 Å². The number of benzene rings is 1. The van der Waals surface area contributed by atoms with Gasteiger partial charge in [-0.25, -0.2) is 9.97 Å². The number of nitrogens with zero attached hydrogens (tertiary/aromatic N) is 3. The zero-order valence-electron chi connectivity index (χ0n) is 16.4. The normalized spacial score (nSPS) is 15.9. The number of amides is 1. The Bertz CT molecular complexity index is 895. The fourth-order valence-corrected chi connectivity index (χ4v) is 3.56. The molecule has 0 atom stereocenters. The highest BCUT2D eigenvalue weighted by molar-refractivity contribution is 5.98. The molecule has 28 heavy (non-hydrogen) atoms. The maximum absolute atomic E-state index is 13.0. The number of nitrogen functional groups attached to an aromatic ring is 1. The molecule has 2 heterocycles. The van der Waals surface area contributed by atoms with E-state index in [2.05, 4.69) is 9.97 Å². The second-order valence-electron chi connectivity index (χ2n) is 7.21. The van der Waals surface area contributed by atoms with Crippen LogP contribution in [0.3, 0.4) is 0 Å². The molecular formula is C21H26N4O3. The van der Waals surface area contributed by atoms with Gasteiger partial charge in [-0.15, -0.1) is 0 Å². The third-order valence-corrected chi connectivity index (χ3v) is 5.17. The van der Waals surface area contributed by atoms with Crippen LogP contribution in [0.5, 0.6) is 11.5 Å². The standard InChI is InChI=1S/C21H26N4O3/c1-3-27-17-9-14-7-8-25(12-15(14)10-18(17)28-4-2)21(26)16-11-23-20(13-5-6-13)24-19(16)22/h9-11,13H,3-8,12H2,1-2H3,(H2,22,23,24). The zero-order valence-corrected chi connectivity index (χ0v) is 16.4. The molecule has 0 spiro atoms. The van der Waals surface area contributed by atoms with Gasteiger partial charge in [0.2, 0.25) is 0 Å². The number of nitrogens with two attached hydrogens (primary N) is 1. The molecule has 1 aliphatic heterocycles. The van der Waals surface area contributed by atoms with E-state index in [1.54, 1.807) is 11.1 Å². The third kappa shape index (κ3) is 3.61. The summed E-state index contributed by atoms with van der Waals surface area (Å²) in [5.41, 5.74) is 8.70. The monoisotopic (exact) mass is 382 g/mol. The first kappa shape index (κ1) is 18.5. The molecule has 148 valence electrons. The highest BCUT2D eigenvalue weighted by atomic mass is 16.5. The highest BCUT2D eigenvalue weighted by Crippen LogP contribution is 2.38. The Morgan fingerprint density at radius 2 is 1.86 bits per heavy atom. The molecule has 2 aromatic rings. The Morgan fingerprint density at radius 1 is 1.18 bits per heavy atom. The van der Waals surface area contributed by atoms with Crippen LogP contribution in [0.1, 0.15) is 59.9 Å². The minimum absolute atomic E-state index is 0.127. The Kier molecular flexibility index (Phi) is 5.07. The lowest BCUT2D eigenvalue weighted by Crippen LogP contribution is -2.36. The number of ether oxygens (including phenoxy) is 2. The number of aromatic nitrogens is 2. The lowest BCUT2D eigenvalue weighted by atomic mass is 9.98. The molecule has 7 heteroatoms. The van der Waals surface area contributed by atoms with E-state index >= 15 is 0 Å². The van der Waals surface area contributed by atoms with Crippen LogP contribution in [-0.4, -0.2) is 40.5 Å². The predicted octanol–water partition coefficient (Wildman–Crippen LogP) is 2.93. The molecule has 2 aliphatic rings. The lowest BCUT2D eigenvalue weighted by Gasteiger charge is -2.30. The number of rotatable bonds is 6. The molecular weight excluding hydrogens is 356 g/mol. The second kappa shape index (κ2) is 7.66. The first-order valence-electron chi connectivity index (χ1n) is 9.93. The number of carbonyl (C=O) groups excluding carboxylic acids is 1. The van der Waals surface area contributed by atoms with Crippen molar-refractivity contribution in [2.45, 2.75) is 45.6 Å². The molecule has 4 rings (SSSR count). The maximum Gasteiger partial charge on any atom is 0.259 e. The van der Waals surface area contributed by atoms with Gasteiger partial charge in [-0.05, 0) is 56.4 Å². The number of hydrogen-bond acceptors (Lipinski definition) is 6. The van der Waals surface area contributed by atoms with Gasteiger partial charge in [-0.2, -0.15) is 0 Å². The summed E-state index contributed by atoms with van der Waals surface area (Å²) >= 11 is 0. The predicted molar refractivity (Wildman–Crippen MR) is 106 cm³/mol. The van der Waals surface area contributed by atoms with E-state index < -0.39 is 0 Å². The SMILES string of the molecule is CCOc1cc2c(cc1OCC)CN(C(=O)c1cnc(C3CC3)nc1N)CC2. The van der Waals surface area contributed by atoms with Gasteiger partial charge in [-0.1, -0.05) is 0 Å². The third-order valence-electron chi connectivity index (χ3n) is 5.17. The summed E-state index contributed by atoms with van der Waals surface area (Å²) in [6, 6.07) is 4.02. The van der Waals surface area contributed by atoms with Crippen LogP contribution in [0.15, 0.2) is 18.3 Å². The van der Waals surface area contributed by atoms with E-state index in [1.807, 2.05) is 26.0 Å². The Labute approximate surface area is 164 Å². The van der Waals surface area contributed by atoms with Gasteiger partial charge in [0.25, 0.3) is 5.91 Å². The van der Waals surface area contributed by atoms with Crippen molar-refractivity contribution < 1.29 is 14.3 Å². The summed E-state index contributed by atoms with van der Waals surface area (Å²) in [7, 11) is 0. The topological polar surface area (TPSA) is 90.6 Å². The molecule has 1 saturated carbocycles. The molecule has 1 aliphatic carbocycles. The van der Waals surface area contributed by atoms with Crippen molar-refractivity contribution in [3.8, 4) is 11.5 Å². The van der Waals surface area contributed by atoms with Crippen LogP contribution in [0.25, 0.3) is 0 Å². The molecule has 1 aromatic carbocycles. The molecule has 0 radical (unpaired) electrons. The number of carbonyl (C=O) groups is 1. The summed E-state index contributed by atoms with van der Waals surface area (Å²) < 4.78 is 11.4. The van der Waals surface area contributed by atoms with E-state index in [9.17, 15) is 4.79 Å². The van der Waals surface area contributed by atoms with E-state index in [1.165, 1.54) is 5.56 Å². The zero-order chi connectivity index (χ0) is 19.7. The van der Waals surface area contributed by atoms with Crippen molar-refractivity contribution in [3.63, 3.8) is 0 Å². The number of hydrogen-bond donors (Lipinski definition) is 1. The summed E-state index contributed by atoms with van der Waals surface area (Å²) in [5.74, 6) is 2.78. The van der Waals surface area contributed by atoms with Crippen LogP contribution in [0.2, 0.25) is 0 Å². The van der Waals surface area contributed by atoms with E-state index in [-0.39, 0.29) is 11.7 Å². The van der Waals surface area contributed by atoms with Crippen LogP contribution in [0, 0.1) is 0 Å². The summed E-state index contributed by atoms with van der Waals surface area (Å²) in [5, 5.41) is 0. The minimum Gasteiger partial charge on any atom is -0.490 e. The van der Waals surface area contributed by atoms with Crippen molar-refractivity contribution in [1.82, 2.24) is 14.9 Å². The quantitative estimate of drug-likeness (QED) is 0.826. The number of anilines is 1. The Hall–Kier alpha value is -2.83. The Morgan fingerprint density at radius 3 is 2.46 bits per heavy atom. The van der Waals surface area contributed by atoms with Crippen LogP contribution < -0.4 is 15.2 Å². The maximum atomic E-state index is 13.0.